The Kier molecular flexibility index (Phi) is 6.67. The van der Waals surface area contributed by atoms with Gasteiger partial charge in [0.15, 0.2) is 0 Å². The van der Waals surface area contributed by atoms with E-state index in [9.17, 15) is 0 Å². The lowest BCUT2D eigenvalue weighted by molar-refractivity contribution is 0.134. The molecular weight excluding hydrogens is 214 g/mol. The molecule has 1 unspecified atom stereocenters. The summed E-state index contributed by atoms with van der Waals surface area (Å²) in [6, 6.07) is 8.68. The summed E-state index contributed by atoms with van der Waals surface area (Å²) in [6.07, 6.45) is 0.999. The van der Waals surface area contributed by atoms with Crippen molar-refractivity contribution in [1.82, 2.24) is 0 Å². The fraction of sp³-hybridized carbons (Fsp3) is 0.571. The lowest BCUT2D eigenvalue weighted by Crippen LogP contribution is -2.18. The molecule has 17 heavy (non-hydrogen) atoms. The van der Waals surface area contributed by atoms with Gasteiger partial charge < -0.3 is 14.8 Å². The third-order valence-corrected chi connectivity index (χ3v) is 2.64. The summed E-state index contributed by atoms with van der Waals surface area (Å²) in [7, 11) is 1.73. The third-order valence-electron chi connectivity index (χ3n) is 2.64. The van der Waals surface area contributed by atoms with E-state index in [-0.39, 0.29) is 0 Å². The van der Waals surface area contributed by atoms with Gasteiger partial charge in [-0.15, -0.1) is 0 Å². The van der Waals surface area contributed by atoms with Crippen LogP contribution in [0.5, 0.6) is 0 Å². The van der Waals surface area contributed by atoms with Crippen LogP contribution in [-0.4, -0.2) is 26.4 Å². The van der Waals surface area contributed by atoms with E-state index in [1.54, 1.807) is 7.11 Å². The number of rotatable bonds is 8. The molecule has 1 atom stereocenters. The van der Waals surface area contributed by atoms with Crippen LogP contribution in [0, 0.1) is 0 Å². The molecule has 1 N–H and O–H groups in total. The summed E-state index contributed by atoms with van der Waals surface area (Å²) in [5, 5.41) is 3.49. The van der Waals surface area contributed by atoms with Crippen molar-refractivity contribution in [3.8, 4) is 0 Å². The molecule has 1 aromatic carbocycles. The first-order valence-corrected chi connectivity index (χ1v) is 6.19. The van der Waals surface area contributed by atoms with Gasteiger partial charge in [0.2, 0.25) is 0 Å². The fourth-order valence-corrected chi connectivity index (χ4v) is 1.63. The average Bonchev–Trinajstić information content (AvgIpc) is 2.35. The Bertz CT molecular complexity index is 315. The summed E-state index contributed by atoms with van der Waals surface area (Å²) in [5.74, 6) is 0. The van der Waals surface area contributed by atoms with Gasteiger partial charge >= 0.3 is 0 Å². The first-order chi connectivity index (χ1) is 8.27. The topological polar surface area (TPSA) is 30.5 Å². The highest BCUT2D eigenvalue weighted by molar-refractivity contribution is 5.51. The smallest absolute Gasteiger partial charge is 0.0736 e. The van der Waals surface area contributed by atoms with Crippen LogP contribution in [0.2, 0.25) is 0 Å². The molecule has 0 saturated carbocycles. The first-order valence-electron chi connectivity index (χ1n) is 6.19. The average molecular weight is 237 g/mol. The fourth-order valence-electron chi connectivity index (χ4n) is 1.63. The lowest BCUT2D eigenvalue weighted by Gasteiger charge is -2.17. The maximum atomic E-state index is 5.46. The molecule has 96 valence electrons. The van der Waals surface area contributed by atoms with Gasteiger partial charge in [0.1, 0.15) is 0 Å². The van der Waals surface area contributed by atoms with Gasteiger partial charge in [-0.2, -0.15) is 0 Å². The van der Waals surface area contributed by atoms with Gasteiger partial charge in [0.05, 0.1) is 6.61 Å². The van der Waals surface area contributed by atoms with Crippen LogP contribution in [-0.2, 0) is 16.1 Å². The van der Waals surface area contributed by atoms with Crippen molar-refractivity contribution in [2.45, 2.75) is 32.9 Å². The molecule has 0 fully saturated rings. The van der Waals surface area contributed by atoms with Crippen LogP contribution in [0.3, 0.4) is 0 Å². The summed E-state index contributed by atoms with van der Waals surface area (Å²) in [6.45, 7) is 6.36. The van der Waals surface area contributed by atoms with E-state index < -0.39 is 0 Å². The molecule has 0 heterocycles. The molecule has 0 bridgehead atoms. The number of methoxy groups -OCH3 is 1. The molecule has 1 rings (SSSR count). The zero-order valence-corrected chi connectivity index (χ0v) is 11.0. The minimum atomic E-state index is 0.401. The molecule has 0 amide bonds. The first kappa shape index (κ1) is 14.0. The maximum absolute atomic E-state index is 5.46. The molecule has 0 radical (unpaired) electrons. The zero-order chi connectivity index (χ0) is 12.5. The van der Waals surface area contributed by atoms with E-state index in [0.29, 0.717) is 12.6 Å². The third kappa shape index (κ3) is 5.20. The Hall–Kier alpha value is -1.06. The second-order valence-corrected chi connectivity index (χ2v) is 4.12. The quantitative estimate of drug-likeness (QED) is 0.753. The van der Waals surface area contributed by atoms with Crippen LogP contribution in [0.1, 0.15) is 25.8 Å². The number of para-hydroxylation sites is 1. The van der Waals surface area contributed by atoms with Crippen molar-refractivity contribution in [1.29, 1.82) is 0 Å². The standard InChI is InChI=1S/C14H23NO2/c1-4-17-11-13-7-5-6-8-14(13)15-12(2)9-10-16-3/h5-8,12,15H,4,9-11H2,1-3H3. The van der Waals surface area contributed by atoms with Gasteiger partial charge in [-0.1, -0.05) is 18.2 Å². The van der Waals surface area contributed by atoms with Crippen molar-refractivity contribution < 1.29 is 9.47 Å². The Morgan fingerprint density at radius 1 is 1.29 bits per heavy atom. The molecule has 0 spiro atoms. The highest BCUT2D eigenvalue weighted by Gasteiger charge is 2.05. The highest BCUT2D eigenvalue weighted by Crippen LogP contribution is 2.17. The van der Waals surface area contributed by atoms with Crippen molar-refractivity contribution in [3.63, 3.8) is 0 Å². The van der Waals surface area contributed by atoms with E-state index >= 15 is 0 Å². The van der Waals surface area contributed by atoms with E-state index in [0.717, 1.165) is 25.3 Å². The van der Waals surface area contributed by atoms with Gasteiger partial charge in [-0.05, 0) is 26.3 Å². The summed E-state index contributed by atoms with van der Waals surface area (Å²) in [5.41, 5.74) is 2.36. The van der Waals surface area contributed by atoms with Gasteiger partial charge in [-0.3, -0.25) is 0 Å². The summed E-state index contributed by atoms with van der Waals surface area (Å²) in [4.78, 5) is 0. The second kappa shape index (κ2) is 8.09. The van der Waals surface area contributed by atoms with Crippen LogP contribution >= 0.6 is 0 Å². The summed E-state index contributed by atoms with van der Waals surface area (Å²) < 4.78 is 10.5. The Labute approximate surface area is 104 Å². The van der Waals surface area contributed by atoms with Crippen molar-refractivity contribution in [2.24, 2.45) is 0 Å². The van der Waals surface area contributed by atoms with Gasteiger partial charge in [-0.25, -0.2) is 0 Å². The molecule has 1 aromatic rings. The number of anilines is 1. The number of hydrogen-bond acceptors (Lipinski definition) is 3. The molecule has 0 aromatic heterocycles. The second-order valence-electron chi connectivity index (χ2n) is 4.12. The number of ether oxygens (including phenoxy) is 2. The van der Waals surface area contributed by atoms with Crippen molar-refractivity contribution >= 4 is 5.69 Å². The SMILES string of the molecule is CCOCc1ccccc1NC(C)CCOC. The molecule has 3 nitrogen and oxygen atoms in total. The van der Waals surface area contributed by atoms with Crippen molar-refractivity contribution in [2.75, 3.05) is 25.6 Å². The minimum Gasteiger partial charge on any atom is -0.385 e. The van der Waals surface area contributed by atoms with Crippen LogP contribution in [0.15, 0.2) is 24.3 Å². The number of hydrogen-bond donors (Lipinski definition) is 1. The number of benzene rings is 1. The van der Waals surface area contributed by atoms with Gasteiger partial charge in [0, 0.05) is 37.6 Å². The maximum Gasteiger partial charge on any atom is 0.0736 e. The molecule has 0 aliphatic heterocycles. The summed E-state index contributed by atoms with van der Waals surface area (Å²) >= 11 is 0. The Morgan fingerprint density at radius 2 is 2.06 bits per heavy atom. The Morgan fingerprint density at radius 3 is 2.76 bits per heavy atom. The van der Waals surface area contributed by atoms with Crippen LogP contribution in [0.25, 0.3) is 0 Å². The monoisotopic (exact) mass is 237 g/mol. The lowest BCUT2D eigenvalue weighted by atomic mass is 10.1. The van der Waals surface area contributed by atoms with Crippen LogP contribution < -0.4 is 5.32 Å². The molecule has 0 saturated heterocycles. The minimum absolute atomic E-state index is 0.401. The highest BCUT2D eigenvalue weighted by atomic mass is 16.5. The normalized spacial score (nSPS) is 12.4. The molecule has 0 aliphatic rings. The van der Waals surface area contributed by atoms with Crippen LogP contribution in [0.4, 0.5) is 5.69 Å². The molecule has 3 heteroatoms. The van der Waals surface area contributed by atoms with E-state index in [1.807, 2.05) is 19.1 Å². The molecular formula is C14H23NO2. The predicted molar refractivity (Wildman–Crippen MR) is 71.3 cm³/mol. The number of nitrogens with one attached hydrogen (secondary N) is 1. The van der Waals surface area contributed by atoms with Crippen molar-refractivity contribution in [3.05, 3.63) is 29.8 Å². The van der Waals surface area contributed by atoms with E-state index in [2.05, 4.69) is 24.4 Å². The van der Waals surface area contributed by atoms with Gasteiger partial charge in [0.25, 0.3) is 0 Å². The van der Waals surface area contributed by atoms with E-state index in [1.165, 1.54) is 5.56 Å². The Balaban J connectivity index is 2.56. The zero-order valence-electron chi connectivity index (χ0n) is 11.0. The van der Waals surface area contributed by atoms with E-state index in [4.69, 9.17) is 9.47 Å². The predicted octanol–water partition coefficient (Wildman–Crippen LogP) is 3.06. The molecule has 0 aliphatic carbocycles. The largest absolute Gasteiger partial charge is 0.385 e.